The minimum absolute atomic E-state index is 0.773. The van der Waals surface area contributed by atoms with Crippen molar-refractivity contribution < 1.29 is 0 Å². The highest BCUT2D eigenvalue weighted by atomic mass is 15.0. The zero-order valence-corrected chi connectivity index (χ0v) is 15.8. The van der Waals surface area contributed by atoms with Gasteiger partial charge >= 0.3 is 0 Å². The van der Waals surface area contributed by atoms with Crippen LogP contribution in [0.5, 0.6) is 0 Å². The van der Waals surface area contributed by atoms with Gasteiger partial charge < -0.3 is 4.57 Å². The van der Waals surface area contributed by atoms with Crippen molar-refractivity contribution in [2.75, 3.05) is 0 Å². The van der Waals surface area contributed by atoms with Crippen molar-refractivity contribution in [3.8, 4) is 0 Å². The SMILES string of the molecule is CC(C)=CCC1CCC2=C(C=CC3=CCCc4c3n2c2ccncc42)C1. The summed E-state index contributed by atoms with van der Waals surface area (Å²) in [5.74, 6) is 0.773. The maximum absolute atomic E-state index is 4.42. The van der Waals surface area contributed by atoms with Crippen LogP contribution in [0.15, 0.2) is 53.9 Å². The first kappa shape index (κ1) is 15.9. The van der Waals surface area contributed by atoms with Gasteiger partial charge in [0, 0.05) is 23.5 Å². The van der Waals surface area contributed by atoms with Crippen LogP contribution >= 0.6 is 0 Å². The van der Waals surface area contributed by atoms with Gasteiger partial charge in [-0.25, -0.2) is 0 Å². The normalized spacial score (nSPS) is 21.2. The fourth-order valence-corrected chi connectivity index (χ4v) is 4.90. The molecule has 132 valence electrons. The van der Waals surface area contributed by atoms with Gasteiger partial charge in [0.15, 0.2) is 0 Å². The van der Waals surface area contributed by atoms with E-state index < -0.39 is 0 Å². The van der Waals surface area contributed by atoms with E-state index in [1.54, 1.807) is 0 Å². The molecule has 2 heteroatoms. The highest BCUT2D eigenvalue weighted by molar-refractivity contribution is 5.96. The van der Waals surface area contributed by atoms with Gasteiger partial charge in [0.25, 0.3) is 0 Å². The number of nitrogens with zero attached hydrogens (tertiary/aromatic N) is 2. The molecule has 1 aliphatic heterocycles. The van der Waals surface area contributed by atoms with Gasteiger partial charge in [-0.05, 0) is 81.1 Å². The third-order valence-corrected chi connectivity index (χ3v) is 6.17. The van der Waals surface area contributed by atoms with E-state index in [1.165, 1.54) is 70.3 Å². The standard InChI is InChI=1S/C24H26N2/c1-16(2)6-7-17-8-11-22-19(14-17)10-9-18-4-3-5-20-21-15-25-13-12-23(21)26(22)24(18)20/h4,6,9-10,12-13,15,17H,3,5,7-8,11,14H2,1-2H3. The molecule has 5 rings (SSSR count). The molecule has 0 spiro atoms. The Labute approximate surface area is 155 Å². The third kappa shape index (κ3) is 2.43. The van der Waals surface area contributed by atoms with Crippen LogP contribution in [-0.2, 0) is 6.42 Å². The number of fused-ring (bicyclic) bond motifs is 4. The molecule has 2 aromatic rings. The van der Waals surface area contributed by atoms with Gasteiger partial charge in [0.2, 0.25) is 0 Å². The Morgan fingerprint density at radius 3 is 3.08 bits per heavy atom. The lowest BCUT2D eigenvalue weighted by molar-refractivity contribution is 0.475. The second-order valence-corrected chi connectivity index (χ2v) is 8.18. The van der Waals surface area contributed by atoms with E-state index in [2.05, 4.69) is 60.0 Å². The van der Waals surface area contributed by atoms with Gasteiger partial charge in [0.1, 0.15) is 0 Å². The Balaban J connectivity index is 1.67. The first-order valence-electron chi connectivity index (χ1n) is 9.94. The number of rotatable bonds is 2. The number of pyridine rings is 1. The number of hydrogen-bond acceptors (Lipinski definition) is 1. The van der Waals surface area contributed by atoms with Crippen LogP contribution in [0.4, 0.5) is 0 Å². The first-order chi connectivity index (χ1) is 12.7. The van der Waals surface area contributed by atoms with Crippen LogP contribution in [0, 0.1) is 5.92 Å². The van der Waals surface area contributed by atoms with Crippen LogP contribution in [0.3, 0.4) is 0 Å². The Kier molecular flexibility index (Phi) is 3.74. The smallest absolute Gasteiger partial charge is 0.0567 e. The van der Waals surface area contributed by atoms with Crippen molar-refractivity contribution in [3.05, 3.63) is 65.2 Å². The van der Waals surface area contributed by atoms with Gasteiger partial charge in [-0.1, -0.05) is 29.9 Å². The Morgan fingerprint density at radius 2 is 2.19 bits per heavy atom. The Hall–Kier alpha value is -2.35. The summed E-state index contributed by atoms with van der Waals surface area (Å²) in [4.78, 5) is 4.42. The maximum atomic E-state index is 4.42. The predicted octanol–water partition coefficient (Wildman–Crippen LogP) is 6.30. The maximum Gasteiger partial charge on any atom is 0.0567 e. The quantitative estimate of drug-likeness (QED) is 0.585. The molecule has 3 aliphatic rings. The molecule has 0 saturated heterocycles. The average molecular weight is 342 g/mol. The molecule has 0 saturated carbocycles. The largest absolute Gasteiger partial charge is 0.312 e. The van der Waals surface area contributed by atoms with Crippen molar-refractivity contribution in [3.63, 3.8) is 0 Å². The molecule has 2 aliphatic carbocycles. The lowest BCUT2D eigenvalue weighted by Crippen LogP contribution is -2.13. The Morgan fingerprint density at radius 1 is 1.27 bits per heavy atom. The summed E-state index contributed by atoms with van der Waals surface area (Å²) in [7, 11) is 0. The van der Waals surface area contributed by atoms with E-state index in [4.69, 9.17) is 0 Å². The lowest BCUT2D eigenvalue weighted by atomic mass is 9.84. The van der Waals surface area contributed by atoms with Crippen molar-refractivity contribution in [1.82, 2.24) is 9.55 Å². The molecule has 3 heterocycles. The third-order valence-electron chi connectivity index (χ3n) is 6.17. The van der Waals surface area contributed by atoms with E-state index in [0.717, 1.165) is 18.8 Å². The molecule has 2 aromatic heterocycles. The lowest BCUT2D eigenvalue weighted by Gasteiger charge is -2.27. The Bertz CT molecular complexity index is 1010. The predicted molar refractivity (Wildman–Crippen MR) is 110 cm³/mol. The van der Waals surface area contributed by atoms with Crippen molar-refractivity contribution in [2.45, 2.75) is 52.4 Å². The van der Waals surface area contributed by atoms with Gasteiger partial charge in [0.05, 0.1) is 11.2 Å². The summed E-state index contributed by atoms with van der Waals surface area (Å²) in [6.07, 6.45) is 20.8. The molecule has 0 radical (unpaired) electrons. The zero-order chi connectivity index (χ0) is 17.7. The van der Waals surface area contributed by atoms with E-state index in [1.807, 2.05) is 6.20 Å². The van der Waals surface area contributed by atoms with Crippen LogP contribution in [-0.4, -0.2) is 9.55 Å². The number of aryl methyl sites for hydroxylation is 1. The van der Waals surface area contributed by atoms with Crippen LogP contribution in [0.25, 0.3) is 22.2 Å². The summed E-state index contributed by atoms with van der Waals surface area (Å²) in [5.41, 5.74) is 10.2. The second-order valence-electron chi connectivity index (χ2n) is 8.18. The monoisotopic (exact) mass is 342 g/mol. The summed E-state index contributed by atoms with van der Waals surface area (Å²) in [5, 5.41) is 1.35. The minimum atomic E-state index is 0.773. The van der Waals surface area contributed by atoms with E-state index in [9.17, 15) is 0 Å². The van der Waals surface area contributed by atoms with Crippen molar-refractivity contribution in [1.29, 1.82) is 0 Å². The summed E-state index contributed by atoms with van der Waals surface area (Å²) < 4.78 is 2.57. The van der Waals surface area contributed by atoms with E-state index in [0.29, 0.717) is 0 Å². The zero-order valence-electron chi connectivity index (χ0n) is 15.8. The molecule has 1 atom stereocenters. The van der Waals surface area contributed by atoms with E-state index in [-0.39, 0.29) is 0 Å². The van der Waals surface area contributed by atoms with Crippen molar-refractivity contribution >= 4 is 22.2 Å². The van der Waals surface area contributed by atoms with Gasteiger partial charge in [-0.3, -0.25) is 4.98 Å². The van der Waals surface area contributed by atoms with Gasteiger partial charge in [-0.2, -0.15) is 0 Å². The molecular formula is C24H26N2. The molecule has 0 N–H and O–H groups in total. The molecular weight excluding hydrogens is 316 g/mol. The molecule has 0 aromatic carbocycles. The topological polar surface area (TPSA) is 17.8 Å². The molecule has 0 fully saturated rings. The van der Waals surface area contributed by atoms with Crippen LogP contribution in [0.1, 0.15) is 57.2 Å². The van der Waals surface area contributed by atoms with Gasteiger partial charge in [-0.15, -0.1) is 0 Å². The molecule has 1 unspecified atom stereocenters. The highest BCUT2D eigenvalue weighted by Gasteiger charge is 2.29. The molecule has 2 nitrogen and oxygen atoms in total. The molecule has 0 bridgehead atoms. The molecule has 0 amide bonds. The minimum Gasteiger partial charge on any atom is -0.312 e. The average Bonchev–Trinajstić information content (AvgIpc) is 2.89. The first-order valence-corrected chi connectivity index (χ1v) is 9.94. The summed E-state index contributed by atoms with van der Waals surface area (Å²) >= 11 is 0. The number of hydrogen-bond donors (Lipinski definition) is 0. The number of aromatic nitrogens is 2. The highest BCUT2D eigenvalue weighted by Crippen LogP contribution is 2.44. The second kappa shape index (κ2) is 6.12. The van der Waals surface area contributed by atoms with E-state index >= 15 is 0 Å². The molecule has 26 heavy (non-hydrogen) atoms. The van der Waals surface area contributed by atoms with Crippen LogP contribution < -0.4 is 0 Å². The fraction of sp³-hybridized carbons (Fsp3) is 0.375. The summed E-state index contributed by atoms with van der Waals surface area (Å²) in [6.45, 7) is 4.42. The number of allylic oxidation sites excluding steroid dienone is 8. The fourth-order valence-electron chi connectivity index (χ4n) is 4.90. The van der Waals surface area contributed by atoms with Crippen LogP contribution in [0.2, 0.25) is 0 Å². The van der Waals surface area contributed by atoms with Crippen molar-refractivity contribution in [2.24, 2.45) is 5.92 Å². The summed E-state index contributed by atoms with van der Waals surface area (Å²) in [6, 6.07) is 2.20.